The molecule has 6 nitrogen and oxygen atoms in total. The smallest absolute Gasteiger partial charge is 0.291 e. The van der Waals surface area contributed by atoms with Crippen LogP contribution in [0.3, 0.4) is 0 Å². The van der Waals surface area contributed by atoms with Gasteiger partial charge in [0, 0.05) is 0 Å². The average Bonchev–Trinajstić information content (AvgIpc) is 1.33. The highest BCUT2D eigenvalue weighted by atomic mass is 32.1. The summed E-state index contributed by atoms with van der Waals surface area (Å²) in [6.45, 7) is 0. The summed E-state index contributed by atoms with van der Waals surface area (Å²) >= 11 is -1.08. The van der Waals surface area contributed by atoms with Crippen LogP contribution in [-0.2, 0) is 20.0 Å². The second-order valence-electron chi connectivity index (χ2n) is 0.312. The summed E-state index contributed by atoms with van der Waals surface area (Å²) in [6, 6.07) is 0. The molecule has 0 aliphatic carbocycles. The Hall–Kier alpha value is -0.850. The maximum Gasteiger partial charge on any atom is 0.291 e. The molecule has 0 radical (unpaired) electrons. The second-order valence-corrected chi connectivity index (χ2v) is 0.461. The zero-order valence-corrected chi connectivity index (χ0v) is 3.87. The van der Waals surface area contributed by atoms with Gasteiger partial charge in [-0.3, -0.25) is 0 Å². The van der Waals surface area contributed by atoms with E-state index in [1.807, 2.05) is 0 Å². The molecular weight excluding hydrogens is 126 g/mol. The predicted octanol–water partition coefficient (Wildman–Crippen LogP) is -0.855. The Kier molecular flexibility index (Phi) is 12.1. The fraction of sp³-hybridized carbons (Fsp3) is 0. The van der Waals surface area contributed by atoms with Gasteiger partial charge in [0.1, 0.15) is 0 Å². The van der Waals surface area contributed by atoms with Crippen molar-refractivity contribution in [1.29, 1.82) is 0 Å². The number of thiol groups is 1. The zero-order chi connectivity index (χ0) is 6.28. The second kappa shape index (κ2) is 8.94. The van der Waals surface area contributed by atoms with Crippen LogP contribution in [0.2, 0.25) is 0 Å². The number of hydrogen-bond acceptors (Lipinski definition) is 5. The fourth-order valence-corrected chi connectivity index (χ4v) is 0. The van der Waals surface area contributed by atoms with E-state index in [0.29, 0.717) is 0 Å². The van der Waals surface area contributed by atoms with Crippen molar-refractivity contribution in [2.45, 2.75) is 0 Å². The lowest BCUT2D eigenvalue weighted by atomic mass is 13.1. The Bertz CT molecular complexity index is 76.1. The van der Waals surface area contributed by atoms with E-state index in [4.69, 9.17) is 23.7 Å². The lowest BCUT2D eigenvalue weighted by molar-refractivity contribution is -0.742. The molecule has 0 saturated carbocycles. The molecule has 1 N–H and O–H groups in total. The first-order valence-corrected chi connectivity index (χ1v) is 1.66. The van der Waals surface area contributed by atoms with E-state index in [0.717, 1.165) is 0 Å². The van der Waals surface area contributed by atoms with Gasteiger partial charge in [0.05, 0.1) is 0 Å². The van der Waals surface area contributed by atoms with E-state index in [9.17, 15) is 0 Å². The van der Waals surface area contributed by atoms with E-state index in [2.05, 4.69) is 0 Å². The third-order valence-corrected chi connectivity index (χ3v) is 0. The molecule has 0 saturated heterocycles. The first-order chi connectivity index (χ1) is 3.15. The van der Waals surface area contributed by atoms with Gasteiger partial charge in [-0.2, -0.15) is 0 Å². The van der Waals surface area contributed by atoms with Crippen LogP contribution < -0.4 is 0 Å². The standard InChI is InChI=1S/HNO3.HO2S/c2-1(3)4;1-3-2/h(H,2,3,4);3H/q;-1. The van der Waals surface area contributed by atoms with E-state index in [1.165, 1.54) is 0 Å². The summed E-state index contributed by atoms with van der Waals surface area (Å²) in [6.07, 6.45) is 0. The molecule has 7 heteroatoms. The zero-order valence-electron chi connectivity index (χ0n) is 2.97. The van der Waals surface area contributed by atoms with Crippen LogP contribution >= 0.6 is 0 Å². The number of rotatable bonds is 0. The van der Waals surface area contributed by atoms with Gasteiger partial charge >= 0.3 is 0 Å². The molecule has 0 rings (SSSR count). The maximum absolute atomic E-state index is 8.36. The molecule has 0 bridgehead atoms. The Morgan fingerprint density at radius 1 is 1.57 bits per heavy atom. The van der Waals surface area contributed by atoms with Crippen LogP contribution in [0.1, 0.15) is 0 Å². The summed E-state index contributed by atoms with van der Waals surface area (Å²) in [5.74, 6) is 0. The van der Waals surface area contributed by atoms with Crippen LogP contribution in [0.5, 0.6) is 0 Å². The normalized spacial score (nSPS) is 5.71. The Morgan fingerprint density at radius 2 is 1.57 bits per heavy atom. The van der Waals surface area contributed by atoms with Crippen molar-refractivity contribution < 1.29 is 18.7 Å². The lowest BCUT2D eigenvalue weighted by Gasteiger charge is -1.56. The average molecular weight is 128 g/mol. The highest BCUT2D eigenvalue weighted by Gasteiger charge is 1.65. The summed E-state index contributed by atoms with van der Waals surface area (Å²) in [4.78, 5) is 8.36. The fourth-order valence-electron chi connectivity index (χ4n) is 0. The molecule has 0 aromatic rings. The third kappa shape index (κ3) is 70.7. The van der Waals surface area contributed by atoms with Crippen LogP contribution in [0.4, 0.5) is 0 Å². The summed E-state index contributed by atoms with van der Waals surface area (Å²) in [5.41, 5.74) is 0. The summed E-state index contributed by atoms with van der Waals surface area (Å²) in [7, 11) is 0. The van der Waals surface area contributed by atoms with E-state index in [1.54, 1.807) is 0 Å². The molecular formula is H2NO5S-. The van der Waals surface area contributed by atoms with Crippen molar-refractivity contribution in [3.63, 3.8) is 0 Å². The molecule has 0 atom stereocenters. The Labute approximate surface area is 41.5 Å². The van der Waals surface area contributed by atoms with E-state index >= 15 is 0 Å². The minimum atomic E-state index is -1.50. The van der Waals surface area contributed by atoms with Gasteiger partial charge in [0.25, 0.3) is 5.09 Å². The molecule has 0 aromatic heterocycles. The molecule has 7 heavy (non-hydrogen) atoms. The number of nitrogens with zero attached hydrogens (tertiary/aromatic N) is 1. The molecule has 0 amide bonds. The molecule has 44 valence electrons. The van der Waals surface area contributed by atoms with Gasteiger partial charge in [0.15, 0.2) is 0 Å². The predicted molar refractivity (Wildman–Crippen MR) is 18.9 cm³/mol. The minimum absolute atomic E-state index is 1.08. The van der Waals surface area contributed by atoms with Gasteiger partial charge in [-0.05, 0) is 0 Å². The van der Waals surface area contributed by atoms with Crippen molar-refractivity contribution in [3.05, 3.63) is 10.1 Å². The molecule has 0 heterocycles. The summed E-state index contributed by atoms with van der Waals surface area (Å²) in [5, 5.41) is 13.6. The van der Waals surface area contributed by atoms with Crippen molar-refractivity contribution in [2.24, 2.45) is 0 Å². The van der Waals surface area contributed by atoms with Crippen LogP contribution in [0.25, 0.3) is 0 Å². The highest BCUT2D eigenvalue weighted by Crippen LogP contribution is 1.38. The maximum atomic E-state index is 8.36. The molecule has 0 spiro atoms. The van der Waals surface area contributed by atoms with Crippen molar-refractivity contribution in [2.75, 3.05) is 0 Å². The highest BCUT2D eigenvalue weighted by molar-refractivity contribution is 7.51. The number of hydrogen-bond donors (Lipinski definition) is 1. The monoisotopic (exact) mass is 128 g/mol. The third-order valence-electron chi connectivity index (χ3n) is 0. The molecule has 0 aliphatic heterocycles. The first kappa shape index (κ1) is 9.47. The van der Waals surface area contributed by atoms with Crippen molar-refractivity contribution in [1.82, 2.24) is 0 Å². The quantitative estimate of drug-likeness (QED) is 0.198. The van der Waals surface area contributed by atoms with Gasteiger partial charge in [-0.1, -0.05) is 11.6 Å². The SMILES string of the molecule is O=[N+]([O-])O.O=[SH-]=O. The van der Waals surface area contributed by atoms with E-state index < -0.39 is 16.7 Å². The summed E-state index contributed by atoms with van der Waals surface area (Å²) < 4.78 is 16.7. The largest absolute Gasteiger partial charge is 0.427 e. The van der Waals surface area contributed by atoms with E-state index in [-0.39, 0.29) is 0 Å². The van der Waals surface area contributed by atoms with Crippen LogP contribution in [-0.4, -0.2) is 10.3 Å². The van der Waals surface area contributed by atoms with Crippen LogP contribution in [0, 0.1) is 10.1 Å². The molecule has 0 fully saturated rings. The van der Waals surface area contributed by atoms with Crippen molar-refractivity contribution in [3.8, 4) is 0 Å². The molecule has 0 aromatic carbocycles. The van der Waals surface area contributed by atoms with Crippen molar-refractivity contribution >= 4 is 11.6 Å². The first-order valence-electron chi connectivity index (χ1n) is 0.930. The van der Waals surface area contributed by atoms with Gasteiger partial charge in [-0.25, -0.2) is 0 Å². The molecule has 0 unspecified atom stereocenters. The van der Waals surface area contributed by atoms with Gasteiger partial charge in [0.2, 0.25) is 0 Å². The van der Waals surface area contributed by atoms with Crippen LogP contribution in [0.15, 0.2) is 0 Å². The molecule has 0 aliphatic rings. The minimum Gasteiger partial charge on any atom is -0.427 e. The Balaban J connectivity index is 0. The lowest BCUT2D eigenvalue weighted by Crippen LogP contribution is -1.81. The van der Waals surface area contributed by atoms with Gasteiger partial charge in [-0.15, -0.1) is 10.1 Å². The Morgan fingerprint density at radius 3 is 1.57 bits per heavy atom. The van der Waals surface area contributed by atoms with Gasteiger partial charge < -0.3 is 13.6 Å². The topological polar surface area (TPSA) is 97.5 Å².